The highest BCUT2D eigenvalue weighted by atomic mass is 32.1. The molecular weight excluding hydrogens is 995 g/mol. The first kappa shape index (κ1) is 46.5. The summed E-state index contributed by atoms with van der Waals surface area (Å²) in [5.74, 6) is 0. The topological polar surface area (TPSA) is 9.72 Å². The highest BCUT2D eigenvalue weighted by Crippen LogP contribution is 2.49. The molecule has 0 bridgehead atoms. The van der Waals surface area contributed by atoms with Crippen LogP contribution >= 0.6 is 22.7 Å². The van der Waals surface area contributed by atoms with Gasteiger partial charge in [0.05, 0.1) is 22.7 Å². The van der Waals surface area contributed by atoms with Crippen LogP contribution in [0.3, 0.4) is 0 Å². The fourth-order valence-electron chi connectivity index (χ4n) is 11.7. The molecule has 3 nitrogen and oxygen atoms in total. The number of para-hydroxylation sites is 3. The molecule has 5 heteroatoms. The molecule has 15 rings (SSSR count). The molecule has 2 aromatic heterocycles. The molecule has 0 fully saturated rings. The molecule has 15 aromatic rings. The van der Waals surface area contributed by atoms with Crippen LogP contribution in [-0.2, 0) is 0 Å². The molecule has 0 saturated heterocycles. The summed E-state index contributed by atoms with van der Waals surface area (Å²) in [4.78, 5) is 7.28. The quantitative estimate of drug-likeness (QED) is 0.120. The van der Waals surface area contributed by atoms with Crippen LogP contribution < -0.4 is 14.7 Å². The Bertz CT molecular complexity index is 4680. The second-order valence-electron chi connectivity index (χ2n) is 20.1. The van der Waals surface area contributed by atoms with Crippen molar-refractivity contribution in [2.24, 2.45) is 0 Å². The van der Waals surface area contributed by atoms with E-state index in [2.05, 4.69) is 312 Å². The molecule has 0 radical (unpaired) electrons. The molecule has 0 spiro atoms. The summed E-state index contributed by atoms with van der Waals surface area (Å²) in [6.07, 6.45) is 0. The zero-order valence-corrected chi connectivity index (χ0v) is 44.6. The first-order chi connectivity index (χ1) is 39.2. The van der Waals surface area contributed by atoms with Crippen LogP contribution in [0.1, 0.15) is 0 Å². The zero-order valence-electron chi connectivity index (χ0n) is 42.9. The molecule has 372 valence electrons. The lowest BCUT2D eigenvalue weighted by Gasteiger charge is -2.33. The van der Waals surface area contributed by atoms with Crippen molar-refractivity contribution in [1.29, 1.82) is 0 Å². The largest absolute Gasteiger partial charge is 0.310 e. The predicted octanol–water partition coefficient (Wildman–Crippen LogP) is 22.5. The van der Waals surface area contributed by atoms with Gasteiger partial charge in [0.25, 0.3) is 0 Å². The van der Waals surface area contributed by atoms with E-state index >= 15 is 0 Å². The summed E-state index contributed by atoms with van der Waals surface area (Å²) in [5, 5.41) is 9.99. The van der Waals surface area contributed by atoms with E-state index in [1.54, 1.807) is 0 Å². The Morgan fingerprint density at radius 3 is 1.27 bits per heavy atom. The minimum Gasteiger partial charge on any atom is -0.310 e. The highest BCUT2D eigenvalue weighted by molar-refractivity contribution is 7.26. The van der Waals surface area contributed by atoms with Gasteiger partial charge in [-0.3, -0.25) is 0 Å². The van der Waals surface area contributed by atoms with Crippen molar-refractivity contribution in [2.45, 2.75) is 0 Å². The molecule has 79 heavy (non-hydrogen) atoms. The zero-order chi connectivity index (χ0) is 52.2. The Kier molecular flexibility index (Phi) is 11.6. The smallest absolute Gasteiger partial charge is 0.0546 e. The minimum absolute atomic E-state index is 1.01. The van der Waals surface area contributed by atoms with Gasteiger partial charge in [0.1, 0.15) is 0 Å². The van der Waals surface area contributed by atoms with Gasteiger partial charge in [-0.2, -0.15) is 0 Å². The van der Waals surface area contributed by atoms with E-state index in [9.17, 15) is 0 Å². The Hall–Kier alpha value is -9.78. The van der Waals surface area contributed by atoms with Gasteiger partial charge in [-0.15, -0.1) is 22.7 Å². The van der Waals surface area contributed by atoms with Crippen molar-refractivity contribution in [1.82, 2.24) is 0 Å². The fourth-order valence-corrected chi connectivity index (χ4v) is 14.0. The van der Waals surface area contributed by atoms with E-state index in [4.69, 9.17) is 0 Å². The van der Waals surface area contributed by atoms with Gasteiger partial charge in [0, 0.05) is 74.2 Å². The van der Waals surface area contributed by atoms with Gasteiger partial charge in [-0.05, 0) is 148 Å². The second-order valence-corrected chi connectivity index (χ2v) is 22.2. The van der Waals surface area contributed by atoms with Crippen molar-refractivity contribution >= 4 is 136 Å². The molecule has 13 aromatic carbocycles. The number of hydrogen-bond acceptors (Lipinski definition) is 5. The third-order valence-electron chi connectivity index (χ3n) is 15.4. The second kappa shape index (κ2) is 19.7. The Morgan fingerprint density at radius 2 is 0.646 bits per heavy atom. The van der Waals surface area contributed by atoms with E-state index in [0.29, 0.717) is 0 Å². The van der Waals surface area contributed by atoms with Gasteiger partial charge >= 0.3 is 0 Å². The number of thiophene rings is 2. The van der Waals surface area contributed by atoms with Crippen molar-refractivity contribution in [3.63, 3.8) is 0 Å². The maximum atomic E-state index is 2.45. The van der Waals surface area contributed by atoms with Crippen LogP contribution in [0.2, 0.25) is 0 Å². The first-order valence-electron chi connectivity index (χ1n) is 26.8. The molecule has 0 aliphatic rings. The van der Waals surface area contributed by atoms with Crippen LogP contribution in [0.4, 0.5) is 51.2 Å². The standard InChI is InChI=1S/C74H49N3S2/c1-4-20-54(21-5-1)75(55-22-6-2-7-23-55)59-47-60(49-61(48-59)77(56-24-8-3-9-25-56)70-46-53-19-10-11-26-62(53)64-27-12-13-28-65(64)70)76(57-40-35-50(36-41-57)52-39-44-73-69(45-52)67-30-15-16-33-71(67)78-73)58-42-37-51(38-43-58)63-31-18-32-68-66-29-14-17-34-72(66)79-74(63)68/h1-49H. The molecule has 0 aliphatic carbocycles. The summed E-state index contributed by atoms with van der Waals surface area (Å²) in [6, 6.07) is 109. The summed E-state index contributed by atoms with van der Waals surface area (Å²) in [6.45, 7) is 0. The average molecular weight is 1040 g/mol. The van der Waals surface area contributed by atoms with Crippen LogP contribution in [0.5, 0.6) is 0 Å². The fraction of sp³-hybridized carbons (Fsp3) is 0. The molecule has 0 unspecified atom stereocenters. The van der Waals surface area contributed by atoms with Crippen LogP contribution in [-0.4, -0.2) is 0 Å². The van der Waals surface area contributed by atoms with Gasteiger partial charge in [-0.25, -0.2) is 0 Å². The van der Waals surface area contributed by atoms with Gasteiger partial charge in [-0.1, -0.05) is 188 Å². The van der Waals surface area contributed by atoms with E-state index in [1.165, 1.54) is 84.1 Å². The lowest BCUT2D eigenvalue weighted by molar-refractivity contribution is 1.23. The number of fused-ring (bicyclic) bond motifs is 9. The van der Waals surface area contributed by atoms with Crippen molar-refractivity contribution in [3.05, 3.63) is 297 Å². The number of nitrogens with zero attached hydrogens (tertiary/aromatic N) is 3. The Labute approximate surface area is 467 Å². The summed E-state index contributed by atoms with van der Waals surface area (Å²) >= 11 is 3.73. The highest BCUT2D eigenvalue weighted by Gasteiger charge is 2.24. The van der Waals surface area contributed by atoms with E-state index in [1.807, 2.05) is 22.7 Å². The van der Waals surface area contributed by atoms with Crippen LogP contribution in [0.25, 0.3) is 84.1 Å². The first-order valence-corrected chi connectivity index (χ1v) is 28.4. The minimum atomic E-state index is 1.01. The van der Waals surface area contributed by atoms with Gasteiger partial charge in [0.2, 0.25) is 0 Å². The predicted molar refractivity (Wildman–Crippen MR) is 342 cm³/mol. The molecular formula is C74H49N3S2. The molecule has 2 heterocycles. The van der Waals surface area contributed by atoms with Gasteiger partial charge < -0.3 is 14.7 Å². The molecule has 0 aliphatic heterocycles. The van der Waals surface area contributed by atoms with Crippen molar-refractivity contribution < 1.29 is 0 Å². The maximum Gasteiger partial charge on any atom is 0.0546 e. The Balaban J connectivity index is 0.967. The average Bonchev–Trinajstić information content (AvgIpc) is 4.17. The van der Waals surface area contributed by atoms with Crippen molar-refractivity contribution in [3.8, 4) is 22.3 Å². The lowest BCUT2D eigenvalue weighted by atomic mass is 9.98. The van der Waals surface area contributed by atoms with Crippen molar-refractivity contribution in [2.75, 3.05) is 14.7 Å². The van der Waals surface area contributed by atoms with Gasteiger partial charge in [0.15, 0.2) is 0 Å². The summed E-state index contributed by atoms with van der Waals surface area (Å²) in [7, 11) is 0. The summed E-state index contributed by atoms with van der Waals surface area (Å²) < 4.78 is 5.22. The number of rotatable bonds is 11. The molecule has 0 amide bonds. The number of hydrogen-bond donors (Lipinski definition) is 0. The van der Waals surface area contributed by atoms with E-state index < -0.39 is 0 Å². The SMILES string of the molecule is c1ccc(N(c2ccccc2)c2cc(N(c3ccc(-c4ccc5sc6ccccc6c5c4)cc3)c3ccc(-c4cccc5c4sc4ccccc45)cc3)cc(N(c3ccccc3)c3cc4ccccc4c4ccccc34)c2)cc1. The van der Waals surface area contributed by atoms with E-state index in [0.717, 1.165) is 51.2 Å². The van der Waals surface area contributed by atoms with E-state index in [-0.39, 0.29) is 0 Å². The molecule has 0 saturated carbocycles. The van der Waals surface area contributed by atoms with Crippen LogP contribution in [0, 0.1) is 0 Å². The lowest BCUT2D eigenvalue weighted by Crippen LogP contribution is -2.16. The normalized spacial score (nSPS) is 11.5. The van der Waals surface area contributed by atoms with Crippen LogP contribution in [0.15, 0.2) is 297 Å². The number of benzene rings is 13. The third-order valence-corrected chi connectivity index (χ3v) is 17.7. The molecule has 0 atom stereocenters. The monoisotopic (exact) mass is 1040 g/mol. The molecule has 0 N–H and O–H groups in total. The summed E-state index contributed by atoms with van der Waals surface area (Å²) in [5.41, 5.74) is 14.2. The number of anilines is 9. The Morgan fingerprint density at radius 1 is 0.215 bits per heavy atom. The third kappa shape index (κ3) is 8.36. The maximum absolute atomic E-state index is 2.45.